The topological polar surface area (TPSA) is 49.4 Å². The van der Waals surface area contributed by atoms with Crippen LogP contribution in [0.2, 0.25) is 0 Å². The van der Waals surface area contributed by atoms with Crippen LogP contribution in [0.4, 0.5) is 0 Å². The fourth-order valence-electron chi connectivity index (χ4n) is 3.64. The molecule has 118 valence electrons. The van der Waals surface area contributed by atoms with Crippen molar-refractivity contribution < 1.29 is 9.59 Å². The first kappa shape index (κ1) is 15.2. The average molecular weight is 300 g/mol. The molecule has 3 rings (SSSR count). The number of hydrogen-bond donors (Lipinski definition) is 1. The largest absolute Gasteiger partial charge is 0.352 e. The molecule has 0 aromatic heterocycles. The molecule has 1 heterocycles. The molecule has 0 unspecified atom stereocenters. The third-order valence-electron chi connectivity index (χ3n) is 4.92. The normalized spacial score (nSPS) is 21.7. The van der Waals surface area contributed by atoms with Gasteiger partial charge in [0, 0.05) is 30.6 Å². The van der Waals surface area contributed by atoms with E-state index in [1.807, 2.05) is 18.2 Å². The Morgan fingerprint density at radius 2 is 2.23 bits per heavy atom. The Labute approximate surface area is 131 Å². The van der Waals surface area contributed by atoms with E-state index >= 15 is 0 Å². The van der Waals surface area contributed by atoms with Crippen LogP contribution in [0.15, 0.2) is 18.2 Å². The van der Waals surface area contributed by atoms with Gasteiger partial charge in [-0.1, -0.05) is 19.1 Å². The molecule has 1 atom stereocenters. The van der Waals surface area contributed by atoms with Crippen LogP contribution in [0.25, 0.3) is 0 Å². The quantitative estimate of drug-likeness (QED) is 0.928. The van der Waals surface area contributed by atoms with E-state index in [0.29, 0.717) is 24.3 Å². The molecule has 0 spiro atoms. The van der Waals surface area contributed by atoms with Gasteiger partial charge >= 0.3 is 0 Å². The number of ketones is 1. The van der Waals surface area contributed by atoms with Crippen LogP contribution in [0, 0.1) is 5.92 Å². The first-order valence-electron chi connectivity index (χ1n) is 8.34. The summed E-state index contributed by atoms with van der Waals surface area (Å²) in [5.74, 6) is 0.673. The lowest BCUT2D eigenvalue weighted by molar-refractivity contribution is 0.0932. The molecule has 22 heavy (non-hydrogen) atoms. The number of hydrogen-bond acceptors (Lipinski definition) is 3. The highest BCUT2D eigenvalue weighted by Gasteiger charge is 2.25. The van der Waals surface area contributed by atoms with Crippen molar-refractivity contribution in [1.29, 1.82) is 0 Å². The molecule has 1 fully saturated rings. The molecular formula is C18H24N2O2. The molecule has 1 aliphatic heterocycles. The van der Waals surface area contributed by atoms with Crippen LogP contribution >= 0.6 is 0 Å². The SMILES string of the molecule is CCN1CCC[C@@H](CNC(=O)c2cccc3c2CCC3=O)C1. The summed E-state index contributed by atoms with van der Waals surface area (Å²) in [7, 11) is 0. The van der Waals surface area contributed by atoms with Crippen molar-refractivity contribution in [2.24, 2.45) is 5.92 Å². The molecular weight excluding hydrogens is 276 g/mol. The molecule has 1 aromatic carbocycles. The van der Waals surface area contributed by atoms with Crippen LogP contribution < -0.4 is 5.32 Å². The zero-order valence-corrected chi connectivity index (χ0v) is 13.2. The molecule has 4 nitrogen and oxygen atoms in total. The zero-order valence-electron chi connectivity index (χ0n) is 13.2. The summed E-state index contributed by atoms with van der Waals surface area (Å²) in [6, 6.07) is 5.49. The maximum Gasteiger partial charge on any atom is 0.251 e. The molecule has 1 aromatic rings. The molecule has 1 N–H and O–H groups in total. The van der Waals surface area contributed by atoms with Gasteiger partial charge in [-0.3, -0.25) is 9.59 Å². The van der Waals surface area contributed by atoms with Crippen molar-refractivity contribution >= 4 is 11.7 Å². The number of piperidine rings is 1. The van der Waals surface area contributed by atoms with Gasteiger partial charge in [0.25, 0.3) is 5.91 Å². The van der Waals surface area contributed by atoms with Crippen molar-refractivity contribution in [3.63, 3.8) is 0 Å². The van der Waals surface area contributed by atoms with E-state index in [0.717, 1.165) is 30.8 Å². The van der Waals surface area contributed by atoms with Crippen LogP contribution in [0.1, 0.15) is 52.5 Å². The van der Waals surface area contributed by atoms with Gasteiger partial charge in [-0.25, -0.2) is 0 Å². The standard InChI is InChI=1S/C18H24N2O2/c1-2-20-10-4-5-13(12-20)11-19-18(22)16-7-3-6-15-14(16)8-9-17(15)21/h3,6-7,13H,2,4-5,8-12H2,1H3,(H,19,22)/t13-/m0/s1. The lowest BCUT2D eigenvalue weighted by Crippen LogP contribution is -2.40. The molecule has 2 aliphatic rings. The first-order chi connectivity index (χ1) is 10.7. The number of likely N-dealkylation sites (tertiary alicyclic amines) is 1. The van der Waals surface area contributed by atoms with E-state index in [9.17, 15) is 9.59 Å². The maximum absolute atomic E-state index is 12.5. The molecule has 1 saturated heterocycles. The summed E-state index contributed by atoms with van der Waals surface area (Å²) in [6.07, 6.45) is 3.63. The Kier molecular flexibility index (Phi) is 4.57. The fourth-order valence-corrected chi connectivity index (χ4v) is 3.64. The Hall–Kier alpha value is -1.68. The lowest BCUT2D eigenvalue weighted by Gasteiger charge is -2.31. The number of fused-ring (bicyclic) bond motifs is 1. The highest BCUT2D eigenvalue weighted by Crippen LogP contribution is 2.25. The van der Waals surface area contributed by atoms with Crippen molar-refractivity contribution in [1.82, 2.24) is 10.2 Å². The Morgan fingerprint density at radius 3 is 3.05 bits per heavy atom. The second-order valence-electron chi connectivity index (χ2n) is 6.37. The van der Waals surface area contributed by atoms with Crippen molar-refractivity contribution in [2.45, 2.75) is 32.6 Å². The summed E-state index contributed by atoms with van der Waals surface area (Å²) >= 11 is 0. The van der Waals surface area contributed by atoms with Crippen molar-refractivity contribution in [2.75, 3.05) is 26.2 Å². The van der Waals surface area contributed by atoms with Gasteiger partial charge in [0.2, 0.25) is 0 Å². The van der Waals surface area contributed by atoms with Crippen molar-refractivity contribution in [3.05, 3.63) is 34.9 Å². The van der Waals surface area contributed by atoms with Gasteiger partial charge < -0.3 is 10.2 Å². The fraction of sp³-hybridized carbons (Fsp3) is 0.556. The summed E-state index contributed by atoms with van der Waals surface area (Å²) in [4.78, 5) is 26.7. The van der Waals surface area contributed by atoms with Gasteiger partial charge in [0.05, 0.1) is 0 Å². The smallest absolute Gasteiger partial charge is 0.251 e. The third-order valence-corrected chi connectivity index (χ3v) is 4.92. The zero-order chi connectivity index (χ0) is 15.5. The Balaban J connectivity index is 1.62. The predicted molar refractivity (Wildman–Crippen MR) is 86.3 cm³/mol. The minimum atomic E-state index is -0.0276. The van der Waals surface area contributed by atoms with Crippen LogP contribution in [0.3, 0.4) is 0 Å². The average Bonchev–Trinajstić information content (AvgIpc) is 2.94. The minimum absolute atomic E-state index is 0.0276. The van der Waals surface area contributed by atoms with Crippen LogP contribution in [-0.4, -0.2) is 42.8 Å². The summed E-state index contributed by atoms with van der Waals surface area (Å²) in [6.45, 7) is 6.24. The Bertz CT molecular complexity index is 582. The molecule has 0 radical (unpaired) electrons. The van der Waals surface area contributed by atoms with Gasteiger partial charge in [-0.05, 0) is 49.9 Å². The van der Waals surface area contributed by atoms with E-state index in [4.69, 9.17) is 0 Å². The second kappa shape index (κ2) is 6.61. The maximum atomic E-state index is 12.5. The Morgan fingerprint density at radius 1 is 1.36 bits per heavy atom. The van der Waals surface area contributed by atoms with E-state index in [2.05, 4.69) is 17.1 Å². The predicted octanol–water partition coefficient (Wildman–Crippen LogP) is 2.28. The van der Waals surface area contributed by atoms with Crippen LogP contribution in [0.5, 0.6) is 0 Å². The number of benzene rings is 1. The molecule has 0 saturated carbocycles. The van der Waals surface area contributed by atoms with E-state index < -0.39 is 0 Å². The molecule has 1 amide bonds. The number of Topliss-reactive ketones (excluding diaryl/α,β-unsaturated/α-hetero) is 1. The molecule has 0 bridgehead atoms. The van der Waals surface area contributed by atoms with Gasteiger partial charge in [-0.15, -0.1) is 0 Å². The monoisotopic (exact) mass is 300 g/mol. The number of amides is 1. The van der Waals surface area contributed by atoms with Gasteiger partial charge in [-0.2, -0.15) is 0 Å². The summed E-state index contributed by atoms with van der Waals surface area (Å²) in [5.41, 5.74) is 2.36. The number of nitrogens with one attached hydrogen (secondary N) is 1. The summed E-state index contributed by atoms with van der Waals surface area (Å²) in [5, 5.41) is 3.08. The van der Waals surface area contributed by atoms with Gasteiger partial charge in [0.15, 0.2) is 5.78 Å². The molecule has 4 heteroatoms. The van der Waals surface area contributed by atoms with E-state index in [-0.39, 0.29) is 11.7 Å². The van der Waals surface area contributed by atoms with E-state index in [1.165, 1.54) is 19.4 Å². The number of nitrogens with zero attached hydrogens (tertiary/aromatic N) is 1. The highest BCUT2D eigenvalue weighted by atomic mass is 16.1. The van der Waals surface area contributed by atoms with Crippen LogP contribution in [-0.2, 0) is 6.42 Å². The summed E-state index contributed by atoms with van der Waals surface area (Å²) < 4.78 is 0. The first-order valence-corrected chi connectivity index (χ1v) is 8.34. The van der Waals surface area contributed by atoms with E-state index in [1.54, 1.807) is 0 Å². The number of carbonyl (C=O) groups excluding carboxylic acids is 2. The second-order valence-corrected chi connectivity index (χ2v) is 6.37. The molecule has 1 aliphatic carbocycles. The lowest BCUT2D eigenvalue weighted by atomic mass is 9.97. The highest BCUT2D eigenvalue weighted by molar-refractivity contribution is 6.05. The van der Waals surface area contributed by atoms with Crippen molar-refractivity contribution in [3.8, 4) is 0 Å². The third kappa shape index (κ3) is 3.07. The minimum Gasteiger partial charge on any atom is -0.352 e. The van der Waals surface area contributed by atoms with Gasteiger partial charge in [0.1, 0.15) is 0 Å². The number of rotatable bonds is 4. The number of carbonyl (C=O) groups is 2.